The molecule has 0 aliphatic carbocycles. The van der Waals surface area contributed by atoms with Gasteiger partial charge in [-0.05, 0) is 26.8 Å². The number of hydrogen-bond donors (Lipinski definition) is 2. The number of thiocarbonyl (C=S) groups is 1. The molecule has 2 rings (SSSR count). The second-order valence-corrected chi connectivity index (χ2v) is 5.69. The molecule has 0 unspecified atom stereocenters. The van der Waals surface area contributed by atoms with Crippen molar-refractivity contribution in [1.29, 1.82) is 0 Å². The molecule has 1 aliphatic rings. The van der Waals surface area contributed by atoms with Crippen LogP contribution in [0, 0.1) is 6.92 Å². The summed E-state index contributed by atoms with van der Waals surface area (Å²) in [6, 6.07) is 0. The Balaban J connectivity index is 2.14. The molecule has 0 saturated carbocycles. The lowest BCUT2D eigenvalue weighted by atomic mass is 9.87. The number of nitrogens with two attached hydrogens (primary N) is 1. The minimum Gasteiger partial charge on any atom is -0.391 e. The van der Waals surface area contributed by atoms with E-state index in [2.05, 4.69) is 20.2 Å². The van der Waals surface area contributed by atoms with Crippen molar-refractivity contribution in [3.63, 3.8) is 0 Å². The highest BCUT2D eigenvalue weighted by molar-refractivity contribution is 7.80. The van der Waals surface area contributed by atoms with Crippen molar-refractivity contribution in [2.45, 2.75) is 25.3 Å². The van der Waals surface area contributed by atoms with Gasteiger partial charge in [-0.15, -0.1) is 0 Å². The Hall–Kier alpha value is -1.60. The molecular weight excluding hydrogens is 274 g/mol. The van der Waals surface area contributed by atoms with Crippen molar-refractivity contribution >= 4 is 23.1 Å². The largest absolute Gasteiger partial charge is 0.391 e. The highest BCUT2D eigenvalue weighted by atomic mass is 32.1. The fraction of sp³-hybridized carbons (Fsp3) is 0.538. The minimum absolute atomic E-state index is 0.283. The van der Waals surface area contributed by atoms with Gasteiger partial charge in [-0.2, -0.15) is 0 Å². The van der Waals surface area contributed by atoms with Crippen molar-refractivity contribution < 1.29 is 4.79 Å². The average molecular weight is 293 g/mol. The quantitative estimate of drug-likeness (QED) is 0.778. The molecule has 1 saturated heterocycles. The number of aromatic nitrogens is 2. The van der Waals surface area contributed by atoms with Crippen LogP contribution in [-0.4, -0.2) is 51.4 Å². The van der Waals surface area contributed by atoms with E-state index in [-0.39, 0.29) is 11.6 Å². The number of likely N-dealkylation sites (tertiary alicyclic amines) is 1. The Kier molecular flexibility index (Phi) is 4.29. The van der Waals surface area contributed by atoms with Gasteiger partial charge in [0.15, 0.2) is 0 Å². The maximum Gasteiger partial charge on any atom is 0.272 e. The number of hydrogen-bond acceptors (Lipinski definition) is 5. The normalized spacial score (nSPS) is 18.5. The number of aryl methyl sites for hydroxylation is 1. The molecule has 1 aromatic heterocycles. The van der Waals surface area contributed by atoms with Crippen molar-refractivity contribution in [3.05, 3.63) is 23.8 Å². The Bertz CT molecular complexity index is 508. The van der Waals surface area contributed by atoms with E-state index < -0.39 is 5.54 Å². The van der Waals surface area contributed by atoms with Gasteiger partial charge in [-0.1, -0.05) is 12.2 Å². The van der Waals surface area contributed by atoms with E-state index >= 15 is 0 Å². The third-order valence-corrected chi connectivity index (χ3v) is 4.07. The first kappa shape index (κ1) is 14.8. The van der Waals surface area contributed by atoms with Gasteiger partial charge in [0.05, 0.1) is 22.4 Å². The van der Waals surface area contributed by atoms with E-state index in [1.54, 1.807) is 6.20 Å². The van der Waals surface area contributed by atoms with Crippen LogP contribution < -0.4 is 11.1 Å². The van der Waals surface area contributed by atoms with Crippen molar-refractivity contribution in [2.75, 3.05) is 20.1 Å². The molecule has 1 fully saturated rings. The molecule has 1 amide bonds. The molecule has 6 nitrogen and oxygen atoms in total. The van der Waals surface area contributed by atoms with Gasteiger partial charge in [0.25, 0.3) is 5.91 Å². The molecule has 0 aromatic carbocycles. The first-order chi connectivity index (χ1) is 9.43. The zero-order valence-corrected chi connectivity index (χ0v) is 12.5. The minimum atomic E-state index is -0.620. The first-order valence-electron chi connectivity index (χ1n) is 6.52. The zero-order valence-electron chi connectivity index (χ0n) is 11.7. The van der Waals surface area contributed by atoms with E-state index in [0.29, 0.717) is 17.8 Å². The smallest absolute Gasteiger partial charge is 0.272 e. The number of carbonyl (C=O) groups excluding carboxylic acids is 1. The average Bonchev–Trinajstić information content (AvgIpc) is 2.42. The number of nitrogens with one attached hydrogen (secondary N) is 1. The van der Waals surface area contributed by atoms with Crippen LogP contribution in [0.2, 0.25) is 0 Å². The standard InChI is InChI=1S/C13H19N5OS/c1-9-7-16-10(8-15-9)11(19)17-13(12(14)20)3-5-18(2)6-4-13/h7-8H,3-6H2,1-2H3,(H2,14,20)(H,17,19). The molecule has 7 heteroatoms. The van der Waals surface area contributed by atoms with Crippen molar-refractivity contribution in [1.82, 2.24) is 20.2 Å². The van der Waals surface area contributed by atoms with Crippen LogP contribution in [0.1, 0.15) is 29.0 Å². The van der Waals surface area contributed by atoms with Crippen LogP contribution in [0.3, 0.4) is 0 Å². The lowest BCUT2D eigenvalue weighted by molar-refractivity contribution is 0.0884. The molecule has 0 spiro atoms. The molecule has 2 heterocycles. The zero-order chi connectivity index (χ0) is 14.8. The molecule has 3 N–H and O–H groups in total. The fourth-order valence-electron chi connectivity index (χ4n) is 2.22. The summed E-state index contributed by atoms with van der Waals surface area (Å²) in [7, 11) is 2.04. The lowest BCUT2D eigenvalue weighted by Gasteiger charge is -2.40. The summed E-state index contributed by atoms with van der Waals surface area (Å²) < 4.78 is 0. The Morgan fingerprint density at radius 1 is 1.40 bits per heavy atom. The monoisotopic (exact) mass is 293 g/mol. The topological polar surface area (TPSA) is 84.1 Å². The summed E-state index contributed by atoms with van der Waals surface area (Å²) in [5.74, 6) is -0.283. The summed E-state index contributed by atoms with van der Waals surface area (Å²) >= 11 is 5.16. The van der Waals surface area contributed by atoms with Gasteiger partial charge in [0.1, 0.15) is 5.69 Å². The Labute approximate surface area is 123 Å². The summed E-state index contributed by atoms with van der Waals surface area (Å²) in [6.07, 6.45) is 4.46. The summed E-state index contributed by atoms with van der Waals surface area (Å²) in [6.45, 7) is 3.51. The molecule has 108 valence electrons. The summed E-state index contributed by atoms with van der Waals surface area (Å²) in [4.78, 5) is 23.0. The second kappa shape index (κ2) is 5.80. The fourth-order valence-corrected chi connectivity index (χ4v) is 2.48. The lowest BCUT2D eigenvalue weighted by Crippen LogP contribution is -2.61. The van der Waals surface area contributed by atoms with E-state index in [1.165, 1.54) is 6.20 Å². The van der Waals surface area contributed by atoms with E-state index in [9.17, 15) is 4.79 Å². The van der Waals surface area contributed by atoms with E-state index in [1.807, 2.05) is 14.0 Å². The van der Waals surface area contributed by atoms with Crippen molar-refractivity contribution in [2.24, 2.45) is 5.73 Å². The number of rotatable bonds is 3. The van der Waals surface area contributed by atoms with E-state index in [0.717, 1.165) is 18.8 Å². The van der Waals surface area contributed by atoms with Crippen molar-refractivity contribution in [3.8, 4) is 0 Å². The number of amides is 1. The molecule has 0 bridgehead atoms. The number of nitrogens with zero attached hydrogens (tertiary/aromatic N) is 3. The first-order valence-corrected chi connectivity index (χ1v) is 6.93. The van der Waals surface area contributed by atoms with Gasteiger partial charge in [0.2, 0.25) is 0 Å². The summed E-state index contributed by atoms with van der Waals surface area (Å²) in [5, 5.41) is 2.95. The van der Waals surface area contributed by atoms with Gasteiger partial charge >= 0.3 is 0 Å². The van der Waals surface area contributed by atoms with Crippen LogP contribution in [0.25, 0.3) is 0 Å². The highest BCUT2D eigenvalue weighted by Gasteiger charge is 2.38. The third-order valence-electron chi connectivity index (χ3n) is 3.68. The Morgan fingerprint density at radius 3 is 2.55 bits per heavy atom. The van der Waals surface area contributed by atoms with Gasteiger partial charge < -0.3 is 16.0 Å². The molecule has 1 aromatic rings. The molecular formula is C13H19N5OS. The maximum absolute atomic E-state index is 12.3. The van der Waals surface area contributed by atoms with Crippen LogP contribution in [0.5, 0.6) is 0 Å². The third kappa shape index (κ3) is 3.10. The molecule has 0 atom stereocenters. The Morgan fingerprint density at radius 2 is 2.05 bits per heavy atom. The van der Waals surface area contributed by atoms with Gasteiger partial charge in [0, 0.05) is 19.3 Å². The number of piperidine rings is 1. The second-order valence-electron chi connectivity index (χ2n) is 5.25. The SMILES string of the molecule is Cc1cnc(C(=O)NC2(C(N)=S)CCN(C)CC2)cn1. The molecule has 0 radical (unpaired) electrons. The van der Waals surface area contributed by atoms with Gasteiger partial charge in [-0.25, -0.2) is 4.98 Å². The predicted octanol–water partition coefficient (Wildman–Crippen LogP) is 0.265. The predicted molar refractivity (Wildman–Crippen MR) is 80.5 cm³/mol. The number of carbonyl (C=O) groups is 1. The van der Waals surface area contributed by atoms with Gasteiger partial charge in [-0.3, -0.25) is 9.78 Å². The van der Waals surface area contributed by atoms with Crippen LogP contribution in [0.15, 0.2) is 12.4 Å². The highest BCUT2D eigenvalue weighted by Crippen LogP contribution is 2.22. The van der Waals surface area contributed by atoms with Crippen LogP contribution in [0.4, 0.5) is 0 Å². The summed E-state index contributed by atoms with van der Waals surface area (Å²) in [5.41, 5.74) is 6.29. The van der Waals surface area contributed by atoms with Crippen LogP contribution >= 0.6 is 12.2 Å². The van der Waals surface area contributed by atoms with Crippen LogP contribution in [-0.2, 0) is 0 Å². The maximum atomic E-state index is 12.3. The van der Waals surface area contributed by atoms with E-state index in [4.69, 9.17) is 18.0 Å². The molecule has 20 heavy (non-hydrogen) atoms. The molecule has 1 aliphatic heterocycles.